The lowest BCUT2D eigenvalue weighted by Crippen LogP contribution is -2.17. The topological polar surface area (TPSA) is 26.3 Å². The van der Waals surface area contributed by atoms with E-state index in [9.17, 15) is 18.0 Å². The molecule has 0 aromatic heterocycles. The van der Waals surface area contributed by atoms with Crippen LogP contribution in [0.5, 0.6) is 5.75 Å². The largest absolute Gasteiger partial charge is 0.573 e. The van der Waals surface area contributed by atoms with Crippen LogP contribution in [-0.4, -0.2) is 12.6 Å². The summed E-state index contributed by atoms with van der Waals surface area (Å²) in [7, 11) is 0. The summed E-state index contributed by atoms with van der Waals surface area (Å²) in [6, 6.07) is 5.52. The number of benzene rings is 1. The minimum Gasteiger partial charge on any atom is -0.406 e. The van der Waals surface area contributed by atoms with Gasteiger partial charge in [-0.3, -0.25) is 0 Å². The van der Waals surface area contributed by atoms with Gasteiger partial charge in [0.1, 0.15) is 12.0 Å². The molecule has 0 radical (unpaired) electrons. The molecule has 0 aliphatic rings. The Morgan fingerprint density at radius 1 is 1.31 bits per heavy atom. The molecule has 16 heavy (non-hydrogen) atoms. The third kappa shape index (κ3) is 4.63. The molecule has 0 fully saturated rings. The average Bonchev–Trinajstić information content (AvgIpc) is 2.16. The molecule has 0 spiro atoms. The van der Waals surface area contributed by atoms with E-state index in [0.29, 0.717) is 11.8 Å². The molecule has 0 amide bonds. The lowest BCUT2D eigenvalue weighted by molar-refractivity contribution is -0.274. The molecule has 5 heteroatoms. The van der Waals surface area contributed by atoms with Gasteiger partial charge in [-0.2, -0.15) is 0 Å². The van der Waals surface area contributed by atoms with Crippen LogP contribution in [-0.2, 0) is 4.79 Å². The predicted molar refractivity (Wildman–Crippen MR) is 52.8 cm³/mol. The van der Waals surface area contributed by atoms with E-state index < -0.39 is 6.36 Å². The van der Waals surface area contributed by atoms with Crippen molar-refractivity contribution in [3.8, 4) is 5.75 Å². The Morgan fingerprint density at radius 2 is 2.06 bits per heavy atom. The smallest absolute Gasteiger partial charge is 0.406 e. The molecule has 1 aromatic rings. The molecular weight excluding hydrogens is 221 g/mol. The van der Waals surface area contributed by atoms with Crippen molar-refractivity contribution in [2.24, 2.45) is 0 Å². The zero-order valence-electron chi connectivity index (χ0n) is 8.20. The summed E-state index contributed by atoms with van der Waals surface area (Å²) in [5.41, 5.74) is 0.545. The molecule has 0 bridgehead atoms. The van der Waals surface area contributed by atoms with Crippen molar-refractivity contribution in [2.45, 2.75) is 12.8 Å². The van der Waals surface area contributed by atoms with Crippen LogP contribution in [0.15, 0.2) is 30.3 Å². The number of ether oxygens (including phenoxy) is 1. The fourth-order valence-electron chi connectivity index (χ4n) is 1.08. The first kappa shape index (κ1) is 12.3. The number of alkyl halides is 3. The third-order valence-corrected chi connectivity index (χ3v) is 1.63. The van der Waals surface area contributed by atoms with Gasteiger partial charge >= 0.3 is 6.36 Å². The van der Waals surface area contributed by atoms with E-state index in [1.54, 1.807) is 18.2 Å². The van der Waals surface area contributed by atoms with Gasteiger partial charge in [0.2, 0.25) is 0 Å². The molecule has 2 nitrogen and oxygen atoms in total. The first-order chi connectivity index (χ1) is 7.51. The molecule has 0 unspecified atom stereocenters. The van der Waals surface area contributed by atoms with Gasteiger partial charge in [-0.25, -0.2) is 0 Å². The Balaban J connectivity index is 2.75. The maximum Gasteiger partial charge on any atom is 0.573 e. The van der Waals surface area contributed by atoms with E-state index in [2.05, 4.69) is 4.74 Å². The molecule has 0 heterocycles. The fraction of sp³-hybridized carbons (Fsp3) is 0.182. The summed E-state index contributed by atoms with van der Waals surface area (Å²) in [5, 5.41) is 0. The molecule has 1 rings (SSSR count). The van der Waals surface area contributed by atoms with Gasteiger partial charge in [0, 0.05) is 6.42 Å². The fourth-order valence-corrected chi connectivity index (χ4v) is 1.08. The highest BCUT2D eigenvalue weighted by Crippen LogP contribution is 2.23. The lowest BCUT2D eigenvalue weighted by atomic mass is 10.2. The number of rotatable bonds is 4. The highest BCUT2D eigenvalue weighted by Gasteiger charge is 2.30. The van der Waals surface area contributed by atoms with Gasteiger partial charge in [-0.05, 0) is 17.7 Å². The highest BCUT2D eigenvalue weighted by molar-refractivity contribution is 5.58. The van der Waals surface area contributed by atoms with Crippen LogP contribution in [0.1, 0.15) is 12.0 Å². The van der Waals surface area contributed by atoms with Crippen LogP contribution in [0.3, 0.4) is 0 Å². The third-order valence-electron chi connectivity index (χ3n) is 1.63. The summed E-state index contributed by atoms with van der Waals surface area (Å²) in [5.74, 6) is -0.277. The second kappa shape index (κ2) is 5.34. The van der Waals surface area contributed by atoms with Gasteiger partial charge in [-0.1, -0.05) is 24.3 Å². The molecule has 0 N–H and O–H groups in total. The first-order valence-electron chi connectivity index (χ1n) is 4.47. The van der Waals surface area contributed by atoms with E-state index in [1.165, 1.54) is 18.2 Å². The number of carbonyl (C=O) groups is 1. The monoisotopic (exact) mass is 230 g/mol. The lowest BCUT2D eigenvalue weighted by Gasteiger charge is -2.08. The molecule has 0 saturated heterocycles. The minimum absolute atomic E-state index is 0.227. The van der Waals surface area contributed by atoms with Crippen molar-refractivity contribution in [2.75, 3.05) is 0 Å². The Kier molecular flexibility index (Phi) is 4.10. The Morgan fingerprint density at radius 3 is 2.69 bits per heavy atom. The first-order valence-corrected chi connectivity index (χ1v) is 4.47. The molecule has 0 atom stereocenters. The van der Waals surface area contributed by atoms with Crippen LogP contribution in [0, 0.1) is 0 Å². The van der Waals surface area contributed by atoms with E-state index in [1.807, 2.05) is 0 Å². The number of hydrogen-bond donors (Lipinski definition) is 0. The summed E-state index contributed by atoms with van der Waals surface area (Å²) < 4.78 is 39.4. The van der Waals surface area contributed by atoms with Gasteiger partial charge in [0.25, 0.3) is 0 Å². The van der Waals surface area contributed by atoms with Gasteiger partial charge in [0.05, 0.1) is 0 Å². The van der Waals surface area contributed by atoms with E-state index in [-0.39, 0.29) is 12.2 Å². The predicted octanol–water partition coefficient (Wildman–Crippen LogP) is 3.19. The van der Waals surface area contributed by atoms with Crippen molar-refractivity contribution in [3.63, 3.8) is 0 Å². The van der Waals surface area contributed by atoms with E-state index >= 15 is 0 Å². The standard InChI is InChI=1S/C11H9F3O2/c12-11(13,14)16-10-6-3-5-9(8-10)4-1-2-7-15/h1,3-8H,2H2. The zero-order chi connectivity index (χ0) is 12.0. The van der Waals surface area contributed by atoms with Gasteiger partial charge < -0.3 is 9.53 Å². The van der Waals surface area contributed by atoms with Gasteiger partial charge in [0.15, 0.2) is 0 Å². The maximum absolute atomic E-state index is 11.9. The molecule has 1 aromatic carbocycles. The van der Waals surface area contributed by atoms with Crippen molar-refractivity contribution in [1.29, 1.82) is 0 Å². The van der Waals surface area contributed by atoms with Crippen molar-refractivity contribution in [1.82, 2.24) is 0 Å². The zero-order valence-corrected chi connectivity index (χ0v) is 8.20. The van der Waals surface area contributed by atoms with E-state index in [4.69, 9.17) is 0 Å². The average molecular weight is 230 g/mol. The van der Waals surface area contributed by atoms with Gasteiger partial charge in [-0.15, -0.1) is 13.2 Å². The van der Waals surface area contributed by atoms with Crippen LogP contribution < -0.4 is 4.74 Å². The Hall–Kier alpha value is -1.78. The normalized spacial score (nSPS) is 11.7. The summed E-state index contributed by atoms with van der Waals surface area (Å²) in [4.78, 5) is 10.0. The van der Waals surface area contributed by atoms with Crippen molar-refractivity contribution >= 4 is 12.4 Å². The molecular formula is C11H9F3O2. The molecule has 86 valence electrons. The number of carbonyl (C=O) groups excluding carboxylic acids is 1. The van der Waals surface area contributed by atoms with Crippen LogP contribution in [0.25, 0.3) is 6.08 Å². The number of allylic oxidation sites excluding steroid dienone is 1. The SMILES string of the molecule is O=CCC=Cc1cccc(OC(F)(F)F)c1. The summed E-state index contributed by atoms with van der Waals surface area (Å²) in [6.07, 6.45) is -0.653. The van der Waals surface area contributed by atoms with Crippen molar-refractivity contribution in [3.05, 3.63) is 35.9 Å². The number of aldehydes is 1. The van der Waals surface area contributed by atoms with Crippen LogP contribution in [0.4, 0.5) is 13.2 Å². The quantitative estimate of drug-likeness (QED) is 0.742. The Labute approximate surface area is 90.3 Å². The van der Waals surface area contributed by atoms with Crippen LogP contribution >= 0.6 is 0 Å². The van der Waals surface area contributed by atoms with Crippen molar-refractivity contribution < 1.29 is 22.7 Å². The number of halogens is 3. The Bertz CT molecular complexity index is 383. The second-order valence-corrected chi connectivity index (χ2v) is 2.93. The minimum atomic E-state index is -4.69. The van der Waals surface area contributed by atoms with Crippen LogP contribution in [0.2, 0.25) is 0 Å². The molecule has 0 aliphatic heterocycles. The summed E-state index contributed by atoms with van der Waals surface area (Å²) >= 11 is 0. The number of hydrogen-bond acceptors (Lipinski definition) is 2. The molecule has 0 aliphatic carbocycles. The maximum atomic E-state index is 11.9. The second-order valence-electron chi connectivity index (χ2n) is 2.93. The highest BCUT2D eigenvalue weighted by atomic mass is 19.4. The summed E-state index contributed by atoms with van der Waals surface area (Å²) in [6.45, 7) is 0. The molecule has 0 saturated carbocycles. The van der Waals surface area contributed by atoms with E-state index in [0.717, 1.165) is 0 Å².